The highest BCUT2D eigenvalue weighted by Crippen LogP contribution is 2.27. The molecule has 1 N–H and O–H groups in total. The number of hydrogen-bond donors (Lipinski definition) is 1. The highest BCUT2D eigenvalue weighted by Gasteiger charge is 2.28. The molecule has 1 aliphatic rings. The number of sulfone groups is 1. The number of nitrogens with zero attached hydrogens (tertiary/aromatic N) is 1. The topological polar surface area (TPSA) is 85.4 Å². The summed E-state index contributed by atoms with van der Waals surface area (Å²) >= 11 is 0. The fourth-order valence-electron chi connectivity index (χ4n) is 2.89. The summed E-state index contributed by atoms with van der Waals surface area (Å²) in [5.74, 6) is 0.254. The summed E-state index contributed by atoms with van der Waals surface area (Å²) < 4.78 is 30.0. The summed E-state index contributed by atoms with van der Waals surface area (Å²) in [6, 6.07) is 3.27. The Balaban J connectivity index is 1.82. The van der Waals surface area contributed by atoms with Crippen molar-refractivity contribution in [2.24, 2.45) is 5.92 Å². The van der Waals surface area contributed by atoms with E-state index in [9.17, 15) is 13.2 Å². The lowest BCUT2D eigenvalue weighted by Gasteiger charge is -2.30. The van der Waals surface area contributed by atoms with E-state index in [0.29, 0.717) is 0 Å². The van der Waals surface area contributed by atoms with Crippen LogP contribution in [-0.2, 0) is 14.6 Å². The third-order valence-corrected chi connectivity index (χ3v) is 5.89. The van der Waals surface area contributed by atoms with E-state index >= 15 is 0 Å². The maximum atomic E-state index is 12.4. The average molecular weight is 354 g/mol. The maximum absolute atomic E-state index is 12.4. The zero-order chi connectivity index (χ0) is 17.8. The molecule has 1 aliphatic carbocycles. The Bertz CT molecular complexity index is 645. The number of aromatic nitrogens is 1. The highest BCUT2D eigenvalue weighted by atomic mass is 32.2. The molecule has 134 valence electrons. The number of nitrogens with one attached hydrogen (secondary N) is 1. The van der Waals surface area contributed by atoms with Crippen molar-refractivity contribution in [1.29, 1.82) is 0 Å². The summed E-state index contributed by atoms with van der Waals surface area (Å²) in [4.78, 5) is 15.9. The summed E-state index contributed by atoms with van der Waals surface area (Å²) in [5.41, 5.74) is -0.515. The number of amides is 1. The van der Waals surface area contributed by atoms with E-state index in [4.69, 9.17) is 4.74 Å². The molecule has 0 spiro atoms. The second-order valence-electron chi connectivity index (χ2n) is 7.33. The molecule has 24 heavy (non-hydrogen) atoms. The van der Waals surface area contributed by atoms with Gasteiger partial charge in [0.05, 0.1) is 10.6 Å². The van der Waals surface area contributed by atoms with Gasteiger partial charge in [-0.15, -0.1) is 0 Å². The molecule has 2 rings (SSSR count). The van der Waals surface area contributed by atoms with Gasteiger partial charge in [-0.1, -0.05) is 0 Å². The van der Waals surface area contributed by atoms with Crippen molar-refractivity contribution in [3.05, 3.63) is 24.5 Å². The third-order valence-electron chi connectivity index (χ3n) is 4.02. The summed E-state index contributed by atoms with van der Waals surface area (Å²) in [5, 5.41) is 2.87. The molecule has 1 fully saturated rings. The minimum absolute atomic E-state index is 0.0530. The Morgan fingerprint density at radius 1 is 1.29 bits per heavy atom. The van der Waals surface area contributed by atoms with Crippen LogP contribution in [0.1, 0.15) is 46.5 Å². The maximum Gasteiger partial charge on any atom is 0.407 e. The van der Waals surface area contributed by atoms with E-state index in [-0.39, 0.29) is 22.6 Å². The third kappa shape index (κ3) is 5.78. The van der Waals surface area contributed by atoms with Gasteiger partial charge in [-0.05, 0) is 64.5 Å². The number of pyridine rings is 1. The van der Waals surface area contributed by atoms with Gasteiger partial charge in [0.2, 0.25) is 0 Å². The zero-order valence-corrected chi connectivity index (χ0v) is 15.3. The summed E-state index contributed by atoms with van der Waals surface area (Å²) in [7, 11) is -3.30. The van der Waals surface area contributed by atoms with Crippen LogP contribution in [-0.4, -0.2) is 36.9 Å². The Morgan fingerprint density at radius 3 is 2.50 bits per heavy atom. The molecule has 1 aromatic rings. The average Bonchev–Trinajstić information content (AvgIpc) is 2.48. The number of ether oxygens (including phenoxy) is 1. The monoisotopic (exact) mass is 354 g/mol. The lowest BCUT2D eigenvalue weighted by atomic mass is 9.87. The van der Waals surface area contributed by atoms with E-state index in [1.807, 2.05) is 20.8 Å². The molecular weight excluding hydrogens is 328 g/mol. The number of carbonyl (C=O) groups excluding carboxylic acids is 1. The quantitative estimate of drug-likeness (QED) is 0.898. The van der Waals surface area contributed by atoms with Crippen molar-refractivity contribution in [1.82, 2.24) is 10.3 Å². The van der Waals surface area contributed by atoms with Gasteiger partial charge in [0.1, 0.15) is 5.60 Å². The second-order valence-corrected chi connectivity index (χ2v) is 9.37. The Hall–Kier alpha value is -1.63. The van der Waals surface area contributed by atoms with E-state index in [1.54, 1.807) is 18.3 Å². The molecule has 6 nitrogen and oxygen atoms in total. The van der Waals surface area contributed by atoms with Crippen LogP contribution in [0.5, 0.6) is 0 Å². The molecule has 1 aromatic heterocycles. The first kappa shape index (κ1) is 18.7. The first-order valence-electron chi connectivity index (χ1n) is 8.28. The van der Waals surface area contributed by atoms with E-state index < -0.39 is 21.5 Å². The molecule has 0 aromatic carbocycles. The van der Waals surface area contributed by atoms with Crippen LogP contribution in [0.2, 0.25) is 0 Å². The molecule has 0 aliphatic heterocycles. The largest absolute Gasteiger partial charge is 0.444 e. The van der Waals surface area contributed by atoms with Crippen LogP contribution in [0.15, 0.2) is 29.4 Å². The van der Waals surface area contributed by atoms with Crippen molar-refractivity contribution in [3.63, 3.8) is 0 Å². The number of rotatable bonds is 4. The first-order valence-corrected chi connectivity index (χ1v) is 9.93. The first-order chi connectivity index (χ1) is 11.2. The molecule has 0 bridgehead atoms. The highest BCUT2D eigenvalue weighted by molar-refractivity contribution is 7.91. The molecule has 0 radical (unpaired) electrons. The standard InChI is InChI=1S/C17H26N2O4S/c1-17(2,3)23-16(20)19-14-8-6-13(7-9-14)12-24(21,22)15-5-4-10-18-11-15/h4-5,10-11,13-14H,6-9,12H2,1-3H3,(H,19,20). The molecule has 0 atom stereocenters. The lowest BCUT2D eigenvalue weighted by Crippen LogP contribution is -2.41. The molecular formula is C17H26N2O4S. The van der Waals surface area contributed by atoms with Crippen LogP contribution < -0.4 is 5.32 Å². The molecule has 1 amide bonds. The van der Waals surface area contributed by atoms with Gasteiger partial charge < -0.3 is 10.1 Å². The van der Waals surface area contributed by atoms with E-state index in [1.165, 1.54) is 6.20 Å². The van der Waals surface area contributed by atoms with Crippen molar-refractivity contribution >= 4 is 15.9 Å². The summed E-state index contributed by atoms with van der Waals surface area (Å²) in [6.45, 7) is 5.48. The lowest BCUT2D eigenvalue weighted by molar-refractivity contribution is 0.0488. The summed E-state index contributed by atoms with van der Waals surface area (Å²) in [6.07, 6.45) is 5.64. The predicted octanol–water partition coefficient (Wildman–Crippen LogP) is 2.94. The minimum atomic E-state index is -3.30. The molecule has 7 heteroatoms. The van der Waals surface area contributed by atoms with Crippen molar-refractivity contribution in [2.75, 3.05) is 5.75 Å². The van der Waals surface area contributed by atoms with Crippen molar-refractivity contribution < 1.29 is 17.9 Å². The minimum Gasteiger partial charge on any atom is -0.444 e. The van der Waals surface area contributed by atoms with E-state index in [2.05, 4.69) is 10.3 Å². The Morgan fingerprint density at radius 2 is 1.96 bits per heavy atom. The SMILES string of the molecule is CC(C)(C)OC(=O)NC1CCC(CS(=O)(=O)c2cccnc2)CC1. The number of alkyl carbamates (subject to hydrolysis) is 1. The smallest absolute Gasteiger partial charge is 0.407 e. The van der Waals surface area contributed by atoms with Gasteiger partial charge in [-0.3, -0.25) is 4.98 Å². The molecule has 0 unspecified atom stereocenters. The van der Waals surface area contributed by atoms with Crippen LogP contribution in [0.3, 0.4) is 0 Å². The molecule has 0 saturated heterocycles. The van der Waals surface area contributed by atoms with Crippen LogP contribution in [0.25, 0.3) is 0 Å². The van der Waals surface area contributed by atoms with Gasteiger partial charge in [-0.25, -0.2) is 13.2 Å². The van der Waals surface area contributed by atoms with Gasteiger partial charge in [0.25, 0.3) is 0 Å². The second kappa shape index (κ2) is 7.51. The Labute approximate surface area is 143 Å². The van der Waals surface area contributed by atoms with Gasteiger partial charge in [0, 0.05) is 18.4 Å². The number of carbonyl (C=O) groups is 1. The van der Waals surface area contributed by atoms with Gasteiger partial charge in [0.15, 0.2) is 9.84 Å². The fraction of sp³-hybridized carbons (Fsp3) is 0.647. The fourth-order valence-corrected chi connectivity index (χ4v) is 4.54. The normalized spacial score (nSPS) is 22.0. The molecule has 1 saturated carbocycles. The Kier molecular flexibility index (Phi) is 5.85. The van der Waals surface area contributed by atoms with Crippen molar-refractivity contribution in [3.8, 4) is 0 Å². The zero-order valence-electron chi connectivity index (χ0n) is 14.5. The van der Waals surface area contributed by atoms with Gasteiger partial charge in [-0.2, -0.15) is 0 Å². The molecule has 1 heterocycles. The van der Waals surface area contributed by atoms with Crippen molar-refractivity contribution in [2.45, 2.75) is 63.0 Å². The van der Waals surface area contributed by atoms with Crippen LogP contribution in [0.4, 0.5) is 4.79 Å². The van der Waals surface area contributed by atoms with Crippen LogP contribution >= 0.6 is 0 Å². The van der Waals surface area contributed by atoms with Crippen LogP contribution in [0, 0.1) is 5.92 Å². The number of hydrogen-bond acceptors (Lipinski definition) is 5. The van der Waals surface area contributed by atoms with Gasteiger partial charge >= 0.3 is 6.09 Å². The van der Waals surface area contributed by atoms with E-state index in [0.717, 1.165) is 25.7 Å². The predicted molar refractivity (Wildman–Crippen MR) is 91.4 cm³/mol.